The quantitative estimate of drug-likeness (QED) is 0.349. The molecule has 160 valence electrons. The number of carbonyl (C=O) groups excluding carboxylic acids is 2. The summed E-state index contributed by atoms with van der Waals surface area (Å²) >= 11 is 0. The van der Waals surface area contributed by atoms with E-state index in [0.717, 1.165) is 21.6 Å². The second-order valence-corrected chi connectivity index (χ2v) is 7.70. The van der Waals surface area contributed by atoms with Gasteiger partial charge in [-0.15, -0.1) is 0 Å². The number of carbonyl (C=O) groups is 2. The van der Waals surface area contributed by atoms with Crippen molar-refractivity contribution >= 4 is 28.9 Å². The standard InChI is InChI=1S/C26H18N4O3/c1-16-20(25(31)29(2)26(32)21(16)14-27)12-18-15-30(19-9-4-3-5-10-19)28-24(18)23-13-17-8-6-7-11-22(17)33-23/h3-13,15H,1-2H3/b20-12-. The highest BCUT2D eigenvalue weighted by atomic mass is 16.3. The number of likely N-dealkylation sites (N-methyl/N-ethyl adjacent to an activating group) is 1. The lowest BCUT2D eigenvalue weighted by molar-refractivity contribution is -0.138. The lowest BCUT2D eigenvalue weighted by atomic mass is 9.94. The summed E-state index contributed by atoms with van der Waals surface area (Å²) in [5, 5.41) is 15.1. The molecule has 2 aromatic heterocycles. The van der Waals surface area contributed by atoms with Crippen LogP contribution in [0.25, 0.3) is 34.2 Å². The van der Waals surface area contributed by atoms with E-state index in [2.05, 4.69) is 0 Å². The molecule has 0 radical (unpaired) electrons. The van der Waals surface area contributed by atoms with Crippen LogP contribution in [0.5, 0.6) is 0 Å². The van der Waals surface area contributed by atoms with Crippen molar-refractivity contribution < 1.29 is 14.0 Å². The number of amides is 2. The molecule has 0 N–H and O–H groups in total. The largest absolute Gasteiger partial charge is 0.454 e. The molecule has 2 amide bonds. The topological polar surface area (TPSA) is 92.1 Å². The van der Waals surface area contributed by atoms with Crippen LogP contribution >= 0.6 is 0 Å². The number of rotatable bonds is 3. The van der Waals surface area contributed by atoms with Crippen LogP contribution in [0.2, 0.25) is 0 Å². The smallest absolute Gasteiger partial charge is 0.271 e. The molecule has 3 heterocycles. The minimum atomic E-state index is -0.602. The maximum atomic E-state index is 12.9. The molecule has 0 aliphatic carbocycles. The number of imide groups is 1. The fourth-order valence-electron chi connectivity index (χ4n) is 3.85. The van der Waals surface area contributed by atoms with Crippen LogP contribution in [0, 0.1) is 11.3 Å². The van der Waals surface area contributed by atoms with Crippen molar-refractivity contribution in [3.05, 3.63) is 89.1 Å². The van der Waals surface area contributed by atoms with E-state index in [9.17, 15) is 14.9 Å². The average molecular weight is 434 g/mol. The number of para-hydroxylation sites is 2. The van der Waals surface area contributed by atoms with Crippen LogP contribution in [0.3, 0.4) is 0 Å². The first kappa shape index (κ1) is 20.2. The van der Waals surface area contributed by atoms with Gasteiger partial charge in [-0.3, -0.25) is 14.5 Å². The molecule has 0 unspecified atom stereocenters. The average Bonchev–Trinajstić information content (AvgIpc) is 3.45. The second-order valence-electron chi connectivity index (χ2n) is 7.70. The summed E-state index contributed by atoms with van der Waals surface area (Å²) in [5.74, 6) is -0.526. The molecule has 1 aliphatic heterocycles. The third-order valence-corrected chi connectivity index (χ3v) is 5.67. The fourth-order valence-corrected chi connectivity index (χ4v) is 3.85. The van der Waals surface area contributed by atoms with Gasteiger partial charge in [-0.05, 0) is 42.8 Å². The summed E-state index contributed by atoms with van der Waals surface area (Å²) in [6, 6.07) is 21.1. The summed E-state index contributed by atoms with van der Waals surface area (Å²) in [4.78, 5) is 26.2. The molecule has 33 heavy (non-hydrogen) atoms. The van der Waals surface area contributed by atoms with Crippen LogP contribution in [0.1, 0.15) is 12.5 Å². The van der Waals surface area contributed by atoms with E-state index in [0.29, 0.717) is 22.6 Å². The van der Waals surface area contributed by atoms with Gasteiger partial charge in [0.25, 0.3) is 11.8 Å². The van der Waals surface area contributed by atoms with Crippen molar-refractivity contribution in [3.8, 4) is 23.2 Å². The molecule has 7 heteroatoms. The van der Waals surface area contributed by atoms with E-state index >= 15 is 0 Å². The maximum absolute atomic E-state index is 12.9. The Morgan fingerprint density at radius 2 is 1.76 bits per heavy atom. The summed E-state index contributed by atoms with van der Waals surface area (Å²) < 4.78 is 7.76. The van der Waals surface area contributed by atoms with Gasteiger partial charge >= 0.3 is 0 Å². The van der Waals surface area contributed by atoms with Gasteiger partial charge in [-0.2, -0.15) is 10.4 Å². The zero-order valence-electron chi connectivity index (χ0n) is 17.9. The zero-order chi connectivity index (χ0) is 23.1. The van der Waals surface area contributed by atoms with Crippen molar-refractivity contribution in [3.63, 3.8) is 0 Å². The lowest BCUT2D eigenvalue weighted by Gasteiger charge is -2.23. The van der Waals surface area contributed by atoms with Gasteiger partial charge < -0.3 is 4.42 Å². The van der Waals surface area contributed by atoms with E-state index in [1.807, 2.05) is 66.7 Å². The summed E-state index contributed by atoms with van der Waals surface area (Å²) in [5.41, 5.74) is 3.28. The van der Waals surface area contributed by atoms with E-state index in [1.54, 1.807) is 23.9 Å². The van der Waals surface area contributed by atoms with Gasteiger partial charge in [0, 0.05) is 29.8 Å². The Balaban J connectivity index is 1.73. The number of aromatic nitrogens is 2. The van der Waals surface area contributed by atoms with Crippen LogP contribution in [0.4, 0.5) is 0 Å². The van der Waals surface area contributed by atoms with Crippen molar-refractivity contribution in [2.75, 3.05) is 7.05 Å². The number of furan rings is 1. The van der Waals surface area contributed by atoms with Crippen molar-refractivity contribution in [1.29, 1.82) is 5.26 Å². The van der Waals surface area contributed by atoms with Gasteiger partial charge in [0.05, 0.1) is 5.69 Å². The summed E-state index contributed by atoms with van der Waals surface area (Å²) in [6.07, 6.45) is 3.46. The first-order valence-corrected chi connectivity index (χ1v) is 10.3. The monoisotopic (exact) mass is 434 g/mol. The minimum absolute atomic E-state index is 0.0518. The Labute approximate surface area is 189 Å². The molecule has 0 spiro atoms. The van der Waals surface area contributed by atoms with E-state index in [4.69, 9.17) is 9.52 Å². The van der Waals surface area contributed by atoms with Gasteiger partial charge in [-0.25, -0.2) is 4.68 Å². The molecule has 0 fully saturated rings. The van der Waals surface area contributed by atoms with Crippen molar-refractivity contribution in [2.45, 2.75) is 6.92 Å². The van der Waals surface area contributed by atoms with Crippen molar-refractivity contribution in [2.24, 2.45) is 0 Å². The Kier molecular flexibility index (Phi) is 4.76. The van der Waals surface area contributed by atoms with Crippen molar-refractivity contribution in [1.82, 2.24) is 14.7 Å². The number of hydrogen-bond acceptors (Lipinski definition) is 5. The Bertz CT molecular complexity index is 1500. The highest BCUT2D eigenvalue weighted by molar-refractivity contribution is 6.19. The highest BCUT2D eigenvalue weighted by Crippen LogP contribution is 2.33. The molecule has 0 bridgehead atoms. The maximum Gasteiger partial charge on any atom is 0.271 e. The van der Waals surface area contributed by atoms with Crippen LogP contribution < -0.4 is 0 Å². The van der Waals surface area contributed by atoms with Gasteiger partial charge in [0.2, 0.25) is 0 Å². The number of nitriles is 1. The molecule has 0 saturated carbocycles. The third-order valence-electron chi connectivity index (χ3n) is 5.67. The summed E-state index contributed by atoms with van der Waals surface area (Å²) in [6.45, 7) is 1.61. The highest BCUT2D eigenvalue weighted by Gasteiger charge is 2.33. The van der Waals surface area contributed by atoms with E-state index in [1.165, 1.54) is 7.05 Å². The van der Waals surface area contributed by atoms with Crippen LogP contribution in [-0.4, -0.2) is 33.5 Å². The molecular formula is C26H18N4O3. The molecule has 0 atom stereocenters. The van der Waals surface area contributed by atoms with E-state index in [-0.39, 0.29) is 11.1 Å². The third kappa shape index (κ3) is 3.34. The minimum Gasteiger partial charge on any atom is -0.454 e. The first-order valence-electron chi connectivity index (χ1n) is 10.3. The molecule has 4 aromatic rings. The molecule has 0 saturated heterocycles. The Hall–Kier alpha value is -4.70. The van der Waals surface area contributed by atoms with Crippen LogP contribution in [0.15, 0.2) is 88.0 Å². The predicted molar refractivity (Wildman–Crippen MR) is 123 cm³/mol. The van der Waals surface area contributed by atoms with Crippen LogP contribution in [-0.2, 0) is 9.59 Å². The first-order chi connectivity index (χ1) is 16.0. The molecule has 1 aliphatic rings. The number of hydrogen-bond donors (Lipinski definition) is 0. The molecular weight excluding hydrogens is 416 g/mol. The Morgan fingerprint density at radius 3 is 2.48 bits per heavy atom. The zero-order valence-corrected chi connectivity index (χ0v) is 17.9. The second kappa shape index (κ2) is 7.77. The summed E-state index contributed by atoms with van der Waals surface area (Å²) in [7, 11) is 1.37. The number of benzene rings is 2. The Morgan fingerprint density at radius 1 is 1.03 bits per heavy atom. The molecule has 5 rings (SSSR count). The van der Waals surface area contributed by atoms with Gasteiger partial charge in [-0.1, -0.05) is 36.4 Å². The van der Waals surface area contributed by atoms with Gasteiger partial charge in [0.15, 0.2) is 5.76 Å². The SMILES string of the molecule is CC1=C(C#N)C(=O)N(C)C(=O)/C1=C\c1cn(-c2ccccc2)nc1-c1cc2ccccc2o1. The molecule has 2 aromatic carbocycles. The number of fused-ring (bicyclic) bond motifs is 1. The van der Waals surface area contributed by atoms with E-state index < -0.39 is 11.8 Å². The molecule has 7 nitrogen and oxygen atoms in total. The predicted octanol–water partition coefficient (Wildman–Crippen LogP) is 4.51. The number of nitrogens with zero attached hydrogens (tertiary/aromatic N) is 4. The lowest BCUT2D eigenvalue weighted by Crippen LogP contribution is -2.39. The normalized spacial score (nSPS) is 15.5. The fraction of sp³-hybridized carbons (Fsp3) is 0.0769. The van der Waals surface area contributed by atoms with Gasteiger partial charge in [0.1, 0.15) is 22.9 Å².